The second kappa shape index (κ2) is 9.30. The predicted molar refractivity (Wildman–Crippen MR) is 102 cm³/mol. The van der Waals surface area contributed by atoms with Crippen LogP contribution < -0.4 is 15.6 Å². The Hall–Kier alpha value is -1.96. The summed E-state index contributed by atoms with van der Waals surface area (Å²) in [5.74, 6) is 1.25. The van der Waals surface area contributed by atoms with Crippen molar-refractivity contribution in [3.63, 3.8) is 0 Å². The van der Waals surface area contributed by atoms with Crippen molar-refractivity contribution in [1.29, 1.82) is 0 Å². The lowest BCUT2D eigenvalue weighted by Gasteiger charge is -2.33. The minimum absolute atomic E-state index is 0.0140. The van der Waals surface area contributed by atoms with Gasteiger partial charge in [-0.2, -0.15) is 0 Å². The van der Waals surface area contributed by atoms with Crippen molar-refractivity contribution in [3.05, 3.63) is 29.8 Å². The van der Waals surface area contributed by atoms with Crippen molar-refractivity contribution in [1.82, 2.24) is 15.8 Å². The van der Waals surface area contributed by atoms with Gasteiger partial charge in [0.15, 0.2) is 5.78 Å². The van der Waals surface area contributed by atoms with E-state index in [0.717, 1.165) is 25.9 Å². The fourth-order valence-electron chi connectivity index (χ4n) is 3.75. The van der Waals surface area contributed by atoms with E-state index in [1.807, 2.05) is 17.0 Å². The highest BCUT2D eigenvalue weighted by molar-refractivity contribution is 5.94. The summed E-state index contributed by atoms with van der Waals surface area (Å²) in [5.41, 5.74) is 6.90. The number of hydrazine groups is 1. The molecular weight excluding hydrogens is 346 g/mol. The first kappa shape index (κ1) is 19.8. The molecule has 0 saturated carbocycles. The number of hydrogen-bond donors (Lipinski definition) is 2. The zero-order valence-corrected chi connectivity index (χ0v) is 16.1. The van der Waals surface area contributed by atoms with Crippen LogP contribution in [0.25, 0.3) is 0 Å². The highest BCUT2D eigenvalue weighted by atomic mass is 16.5. The number of ether oxygens (including phenoxy) is 2. The van der Waals surface area contributed by atoms with Crippen LogP contribution in [-0.4, -0.2) is 62.1 Å². The molecule has 0 aliphatic carbocycles. The molecule has 2 aliphatic heterocycles. The number of nitrogens with zero attached hydrogens (tertiary/aromatic N) is 1. The molecule has 1 amide bonds. The summed E-state index contributed by atoms with van der Waals surface area (Å²) in [5, 5.41) is 0. The second-order valence-electron chi connectivity index (χ2n) is 7.42. The van der Waals surface area contributed by atoms with Crippen LogP contribution in [0, 0.1) is 5.92 Å². The molecule has 3 rings (SSSR count). The van der Waals surface area contributed by atoms with Crippen molar-refractivity contribution in [2.24, 2.45) is 5.92 Å². The molecule has 148 valence electrons. The molecule has 3 unspecified atom stereocenters. The zero-order chi connectivity index (χ0) is 19.2. The number of benzene rings is 1. The number of Topliss-reactive ketones (excluding diaryl/α,β-unsaturated/α-hetero) is 1. The molecule has 27 heavy (non-hydrogen) atoms. The molecule has 2 N–H and O–H groups in total. The molecule has 0 aromatic heterocycles. The van der Waals surface area contributed by atoms with Gasteiger partial charge in [-0.3, -0.25) is 15.0 Å². The molecular formula is C20H29N3O4. The maximum Gasteiger partial charge on any atom is 0.241 e. The lowest BCUT2D eigenvalue weighted by molar-refractivity contribution is -0.135. The summed E-state index contributed by atoms with van der Waals surface area (Å²) < 4.78 is 11.1. The van der Waals surface area contributed by atoms with Gasteiger partial charge in [0, 0.05) is 25.8 Å². The maximum atomic E-state index is 12.8. The molecule has 0 radical (unpaired) electrons. The van der Waals surface area contributed by atoms with E-state index >= 15 is 0 Å². The van der Waals surface area contributed by atoms with Crippen LogP contribution in [0.4, 0.5) is 0 Å². The molecule has 2 saturated heterocycles. The Morgan fingerprint density at radius 1 is 1.26 bits per heavy atom. The lowest BCUT2D eigenvalue weighted by atomic mass is 9.98. The second-order valence-corrected chi connectivity index (χ2v) is 7.42. The predicted octanol–water partition coefficient (Wildman–Crippen LogP) is 1.39. The number of hydrogen-bond acceptors (Lipinski definition) is 6. The molecule has 2 aliphatic rings. The summed E-state index contributed by atoms with van der Waals surface area (Å²) in [7, 11) is 1.71. The third-order valence-electron chi connectivity index (χ3n) is 5.20. The van der Waals surface area contributed by atoms with Gasteiger partial charge in [-0.15, -0.1) is 0 Å². The average molecular weight is 375 g/mol. The summed E-state index contributed by atoms with van der Waals surface area (Å²) in [6.45, 7) is 4.26. The summed E-state index contributed by atoms with van der Waals surface area (Å²) in [4.78, 5) is 26.2. The number of ketones is 1. The lowest BCUT2D eigenvalue weighted by Crippen LogP contribution is -2.49. The molecule has 1 aromatic rings. The van der Waals surface area contributed by atoms with Gasteiger partial charge < -0.3 is 14.4 Å². The van der Waals surface area contributed by atoms with Gasteiger partial charge in [0.05, 0.1) is 12.6 Å². The van der Waals surface area contributed by atoms with E-state index in [1.54, 1.807) is 19.2 Å². The van der Waals surface area contributed by atoms with E-state index in [1.165, 1.54) is 6.92 Å². The SMILES string of the molecule is COCC1CCCN(C(=O)C2CC(COc3cccc(C(C)=O)c3)NN2)C1. The normalized spacial score (nSPS) is 25.4. The van der Waals surface area contributed by atoms with Crippen LogP contribution in [0.1, 0.15) is 36.5 Å². The van der Waals surface area contributed by atoms with Gasteiger partial charge in [0.25, 0.3) is 0 Å². The van der Waals surface area contributed by atoms with Gasteiger partial charge in [-0.1, -0.05) is 12.1 Å². The van der Waals surface area contributed by atoms with Crippen LogP contribution in [0.2, 0.25) is 0 Å². The molecule has 2 fully saturated rings. The van der Waals surface area contributed by atoms with Crippen LogP contribution in [-0.2, 0) is 9.53 Å². The average Bonchev–Trinajstić information content (AvgIpc) is 3.15. The van der Waals surface area contributed by atoms with Gasteiger partial charge in [0.2, 0.25) is 5.91 Å². The van der Waals surface area contributed by atoms with Crippen molar-refractivity contribution < 1.29 is 19.1 Å². The first-order valence-electron chi connectivity index (χ1n) is 9.59. The largest absolute Gasteiger partial charge is 0.492 e. The zero-order valence-electron chi connectivity index (χ0n) is 16.1. The summed E-state index contributed by atoms with van der Waals surface area (Å²) in [6.07, 6.45) is 2.82. The Labute approximate surface area is 160 Å². The highest BCUT2D eigenvalue weighted by Crippen LogP contribution is 2.20. The fraction of sp³-hybridized carbons (Fsp3) is 0.600. The van der Waals surface area contributed by atoms with Gasteiger partial charge in [-0.05, 0) is 44.2 Å². The van der Waals surface area contributed by atoms with Crippen LogP contribution in [0.5, 0.6) is 5.75 Å². The Balaban J connectivity index is 1.47. The number of carbonyl (C=O) groups excluding carboxylic acids is 2. The molecule has 1 aromatic carbocycles. The monoisotopic (exact) mass is 375 g/mol. The first-order valence-corrected chi connectivity index (χ1v) is 9.59. The molecule has 7 nitrogen and oxygen atoms in total. The number of carbonyl (C=O) groups is 2. The molecule has 0 bridgehead atoms. The van der Waals surface area contributed by atoms with Crippen molar-refractivity contribution in [3.8, 4) is 5.75 Å². The number of likely N-dealkylation sites (tertiary alicyclic amines) is 1. The fourth-order valence-corrected chi connectivity index (χ4v) is 3.75. The molecule has 3 atom stereocenters. The Kier molecular flexibility index (Phi) is 6.82. The summed E-state index contributed by atoms with van der Waals surface area (Å²) >= 11 is 0. The third kappa shape index (κ3) is 5.28. The van der Waals surface area contributed by atoms with Crippen LogP contribution >= 0.6 is 0 Å². The number of methoxy groups -OCH3 is 1. The number of amides is 1. The number of nitrogens with one attached hydrogen (secondary N) is 2. The van der Waals surface area contributed by atoms with E-state index in [9.17, 15) is 9.59 Å². The minimum Gasteiger partial charge on any atom is -0.492 e. The maximum absolute atomic E-state index is 12.8. The van der Waals surface area contributed by atoms with Gasteiger partial charge in [0.1, 0.15) is 18.4 Å². The van der Waals surface area contributed by atoms with Gasteiger partial charge in [-0.25, -0.2) is 5.43 Å². The van der Waals surface area contributed by atoms with E-state index in [4.69, 9.17) is 9.47 Å². The Bertz CT molecular complexity index is 664. The smallest absolute Gasteiger partial charge is 0.241 e. The molecule has 2 heterocycles. The highest BCUT2D eigenvalue weighted by Gasteiger charge is 2.34. The minimum atomic E-state index is -0.233. The molecule has 7 heteroatoms. The van der Waals surface area contributed by atoms with Gasteiger partial charge >= 0.3 is 0 Å². The van der Waals surface area contributed by atoms with Crippen molar-refractivity contribution in [2.75, 3.05) is 33.4 Å². The van der Waals surface area contributed by atoms with Crippen molar-refractivity contribution >= 4 is 11.7 Å². The van der Waals surface area contributed by atoms with E-state index in [2.05, 4.69) is 10.9 Å². The van der Waals surface area contributed by atoms with Crippen molar-refractivity contribution in [2.45, 2.75) is 38.3 Å². The third-order valence-corrected chi connectivity index (χ3v) is 5.20. The Morgan fingerprint density at radius 3 is 2.89 bits per heavy atom. The number of piperidine rings is 1. The first-order chi connectivity index (χ1) is 13.1. The van der Waals surface area contributed by atoms with E-state index < -0.39 is 0 Å². The van der Waals surface area contributed by atoms with Crippen LogP contribution in [0.3, 0.4) is 0 Å². The standard InChI is InChI=1S/C20H29N3O4/c1-14(24)16-6-3-7-18(9-16)27-13-17-10-19(22-21-17)20(25)23-8-4-5-15(11-23)12-26-2/h3,6-7,9,15,17,19,21-22H,4-5,8,10-13H2,1-2H3. The quantitative estimate of drug-likeness (QED) is 0.701. The van der Waals surface area contributed by atoms with E-state index in [-0.39, 0.29) is 23.8 Å². The molecule has 0 spiro atoms. The number of rotatable bonds is 7. The Morgan fingerprint density at radius 2 is 2.11 bits per heavy atom. The van der Waals surface area contributed by atoms with Crippen LogP contribution in [0.15, 0.2) is 24.3 Å². The summed E-state index contributed by atoms with van der Waals surface area (Å²) in [6, 6.07) is 6.97. The van der Waals surface area contributed by atoms with E-state index in [0.29, 0.717) is 36.9 Å². The topological polar surface area (TPSA) is 79.9 Å².